The first kappa shape index (κ1) is 23.7. The monoisotopic (exact) mass is 517 g/mol. The number of benzene rings is 2. The minimum atomic E-state index is -3.96. The van der Waals surface area contributed by atoms with Gasteiger partial charge in [-0.15, -0.1) is 11.3 Å². The van der Waals surface area contributed by atoms with Crippen molar-refractivity contribution in [3.63, 3.8) is 0 Å². The number of sulfonamides is 1. The molecule has 34 heavy (non-hydrogen) atoms. The van der Waals surface area contributed by atoms with Crippen molar-refractivity contribution in [1.82, 2.24) is 14.3 Å². The van der Waals surface area contributed by atoms with Gasteiger partial charge in [0, 0.05) is 17.6 Å². The van der Waals surface area contributed by atoms with Gasteiger partial charge in [0.2, 0.25) is 0 Å². The highest BCUT2D eigenvalue weighted by atomic mass is 35.5. The Morgan fingerprint density at radius 1 is 1.09 bits per heavy atom. The number of thiophene rings is 1. The Morgan fingerprint density at radius 2 is 1.79 bits per heavy atom. The molecule has 0 aliphatic carbocycles. The van der Waals surface area contributed by atoms with E-state index in [4.69, 9.17) is 11.6 Å². The maximum atomic E-state index is 13.2. The smallest absolute Gasteiger partial charge is 0.333 e. The number of nitrogens with one attached hydrogen (secondary N) is 3. The molecule has 4 rings (SSSR count). The van der Waals surface area contributed by atoms with Gasteiger partial charge in [0.15, 0.2) is 0 Å². The number of aryl methyl sites for hydroxylation is 2. The Morgan fingerprint density at radius 3 is 2.41 bits per heavy atom. The average Bonchev–Trinajstić information content (AvgIpc) is 3.22. The van der Waals surface area contributed by atoms with Gasteiger partial charge in [0.25, 0.3) is 15.6 Å². The number of rotatable bonds is 5. The minimum absolute atomic E-state index is 0.0519. The van der Waals surface area contributed by atoms with Gasteiger partial charge < -0.3 is 10.6 Å². The van der Waals surface area contributed by atoms with Crippen LogP contribution in [0.4, 0.5) is 16.2 Å². The van der Waals surface area contributed by atoms with Gasteiger partial charge in [-0.2, -0.15) is 0 Å². The Hall–Kier alpha value is -3.41. The van der Waals surface area contributed by atoms with Crippen LogP contribution in [0.25, 0.3) is 16.6 Å². The van der Waals surface area contributed by atoms with Gasteiger partial charge in [0.05, 0.1) is 27.3 Å². The molecule has 3 N–H and O–H groups in total. The van der Waals surface area contributed by atoms with Gasteiger partial charge in [-0.05, 0) is 62.4 Å². The average molecular weight is 518 g/mol. The summed E-state index contributed by atoms with van der Waals surface area (Å²) in [5, 5.41) is 6.21. The summed E-state index contributed by atoms with van der Waals surface area (Å²) in [7, 11) is -2.23. The number of halogens is 1. The number of fused-ring (bicyclic) bond motifs is 1. The van der Waals surface area contributed by atoms with E-state index >= 15 is 0 Å². The highest BCUT2D eigenvalue weighted by molar-refractivity contribution is 7.92. The van der Waals surface area contributed by atoms with Crippen LogP contribution in [0.3, 0.4) is 0 Å². The second-order valence-corrected chi connectivity index (χ2v) is 11.0. The van der Waals surface area contributed by atoms with E-state index in [-0.39, 0.29) is 9.77 Å². The molecule has 4 aromatic rings. The first-order valence-corrected chi connectivity index (χ1v) is 12.7. The molecular formula is C22H20ClN5O4S2. The number of amides is 2. The molecule has 0 aliphatic rings. The topological polar surface area (TPSA) is 122 Å². The Labute approximate surface area is 204 Å². The molecule has 0 spiro atoms. The lowest BCUT2D eigenvalue weighted by molar-refractivity contribution is 0.256. The molecule has 0 radical (unpaired) electrons. The number of aromatic nitrogens is 2. The van der Waals surface area contributed by atoms with Gasteiger partial charge in [-0.1, -0.05) is 11.6 Å². The van der Waals surface area contributed by atoms with Crippen LogP contribution in [0.1, 0.15) is 10.7 Å². The van der Waals surface area contributed by atoms with Gasteiger partial charge in [0.1, 0.15) is 10.0 Å². The second-order valence-electron chi connectivity index (χ2n) is 7.37. The Balaban J connectivity index is 1.58. The van der Waals surface area contributed by atoms with Crippen molar-refractivity contribution in [2.45, 2.75) is 18.1 Å². The lowest BCUT2D eigenvalue weighted by Crippen LogP contribution is -2.33. The van der Waals surface area contributed by atoms with Crippen molar-refractivity contribution >= 4 is 61.3 Å². The third kappa shape index (κ3) is 4.63. The van der Waals surface area contributed by atoms with Crippen LogP contribution in [0.15, 0.2) is 57.5 Å². The molecule has 176 valence electrons. The molecule has 2 amide bonds. The fourth-order valence-corrected chi connectivity index (χ4v) is 5.84. The van der Waals surface area contributed by atoms with Crippen molar-refractivity contribution in [1.29, 1.82) is 0 Å². The quantitative estimate of drug-likeness (QED) is 0.363. The zero-order valence-corrected chi connectivity index (χ0v) is 20.7. The lowest BCUT2D eigenvalue weighted by Gasteiger charge is -2.13. The normalized spacial score (nSPS) is 11.4. The summed E-state index contributed by atoms with van der Waals surface area (Å²) in [6.45, 7) is 3.49. The number of hydrogen-bond donors (Lipinski definition) is 3. The maximum absolute atomic E-state index is 13.2. The number of urea groups is 1. The van der Waals surface area contributed by atoms with Crippen molar-refractivity contribution in [3.05, 3.63) is 74.6 Å². The van der Waals surface area contributed by atoms with Crippen LogP contribution in [-0.4, -0.2) is 31.0 Å². The summed E-state index contributed by atoms with van der Waals surface area (Å²) in [4.78, 5) is 30.7. The number of carbonyl (C=O) groups excluding carboxylic acids is 1. The van der Waals surface area contributed by atoms with E-state index < -0.39 is 16.1 Å². The van der Waals surface area contributed by atoms with Crippen LogP contribution in [0.5, 0.6) is 0 Å². The molecule has 0 unspecified atom stereocenters. The Kier molecular flexibility index (Phi) is 6.34. The molecule has 2 heterocycles. The maximum Gasteiger partial charge on any atom is 0.333 e. The van der Waals surface area contributed by atoms with Crippen LogP contribution in [0, 0.1) is 13.8 Å². The van der Waals surface area contributed by atoms with Crippen LogP contribution in [-0.2, 0) is 10.0 Å². The molecule has 0 atom stereocenters. The predicted molar refractivity (Wildman–Crippen MR) is 135 cm³/mol. The summed E-state index contributed by atoms with van der Waals surface area (Å²) < 4.78 is 28.1. The molecule has 9 nitrogen and oxygen atoms in total. The standard InChI is InChI=1S/C22H20ClN5O4S2/c1-12-4-9-20(33-12)34(31,32)27-22(30)26-14-5-7-15(8-6-14)28-13(2)25-18-11-19(24-3)17(23)10-16(18)21(28)29/h4-11,24H,1-3H3,(H2,26,27,30). The Bertz CT molecular complexity index is 1580. The van der Waals surface area contributed by atoms with E-state index in [0.29, 0.717) is 38.8 Å². The molecular weight excluding hydrogens is 498 g/mol. The van der Waals surface area contributed by atoms with Crippen LogP contribution < -0.4 is 20.9 Å². The SMILES string of the molecule is CNc1cc2nc(C)n(-c3ccc(NC(=O)NS(=O)(=O)c4ccc(C)s4)cc3)c(=O)c2cc1Cl. The molecule has 0 fully saturated rings. The van der Waals surface area contributed by atoms with Crippen LogP contribution in [0.2, 0.25) is 5.02 Å². The van der Waals surface area contributed by atoms with E-state index in [0.717, 1.165) is 16.2 Å². The van der Waals surface area contributed by atoms with Crippen molar-refractivity contribution in [2.75, 3.05) is 17.7 Å². The van der Waals surface area contributed by atoms with Gasteiger partial charge in [-0.25, -0.2) is 22.9 Å². The largest absolute Gasteiger partial charge is 0.387 e. The van der Waals surface area contributed by atoms with Gasteiger partial charge in [-0.3, -0.25) is 9.36 Å². The summed E-state index contributed by atoms with van der Waals surface area (Å²) in [5.41, 5.74) is 1.77. The third-order valence-electron chi connectivity index (χ3n) is 4.99. The van der Waals surface area contributed by atoms with Crippen molar-refractivity contribution in [2.24, 2.45) is 0 Å². The molecule has 0 saturated heterocycles. The summed E-state index contributed by atoms with van der Waals surface area (Å²) in [5.74, 6) is 0.470. The van der Waals surface area contributed by atoms with Crippen LogP contribution >= 0.6 is 22.9 Å². The number of carbonyl (C=O) groups is 1. The van der Waals surface area contributed by atoms with E-state index in [1.54, 1.807) is 63.4 Å². The highest BCUT2D eigenvalue weighted by Crippen LogP contribution is 2.26. The molecule has 0 bridgehead atoms. The fourth-order valence-electron chi connectivity index (χ4n) is 3.39. The highest BCUT2D eigenvalue weighted by Gasteiger charge is 2.19. The number of anilines is 2. The summed E-state index contributed by atoms with van der Waals surface area (Å²) in [6, 6.07) is 11.9. The predicted octanol–water partition coefficient (Wildman–Crippen LogP) is 4.27. The fraction of sp³-hybridized carbons (Fsp3) is 0.136. The van der Waals surface area contributed by atoms with E-state index in [2.05, 4.69) is 15.6 Å². The molecule has 0 saturated carbocycles. The number of nitrogens with zero attached hydrogens (tertiary/aromatic N) is 2. The summed E-state index contributed by atoms with van der Waals surface area (Å²) in [6.07, 6.45) is 0. The molecule has 2 aromatic carbocycles. The van der Waals surface area contributed by atoms with E-state index in [9.17, 15) is 18.0 Å². The second kappa shape index (κ2) is 9.09. The minimum Gasteiger partial charge on any atom is -0.387 e. The molecule has 12 heteroatoms. The zero-order chi connectivity index (χ0) is 24.6. The van der Waals surface area contributed by atoms with E-state index in [1.807, 2.05) is 4.72 Å². The van der Waals surface area contributed by atoms with E-state index in [1.165, 1.54) is 10.6 Å². The summed E-state index contributed by atoms with van der Waals surface area (Å²) >= 11 is 7.31. The third-order valence-corrected chi connectivity index (χ3v) is 8.12. The van der Waals surface area contributed by atoms with Crippen molar-refractivity contribution < 1.29 is 13.2 Å². The van der Waals surface area contributed by atoms with Crippen molar-refractivity contribution in [3.8, 4) is 5.69 Å². The lowest BCUT2D eigenvalue weighted by atomic mass is 10.2. The molecule has 2 aromatic heterocycles. The first-order chi connectivity index (χ1) is 16.1. The molecule has 0 aliphatic heterocycles. The number of hydrogen-bond acceptors (Lipinski definition) is 7. The first-order valence-electron chi connectivity index (χ1n) is 10.0. The van der Waals surface area contributed by atoms with Gasteiger partial charge >= 0.3 is 6.03 Å². The zero-order valence-electron chi connectivity index (χ0n) is 18.3.